The molecule has 0 aliphatic heterocycles. The molecule has 24 heavy (non-hydrogen) atoms. The molecular weight excluding hydrogens is 302 g/mol. The third-order valence-electron chi connectivity index (χ3n) is 3.97. The average Bonchev–Trinajstić information content (AvgIpc) is 3.01. The van der Waals surface area contributed by atoms with Gasteiger partial charge >= 0.3 is 0 Å². The largest absolute Gasteiger partial charge is 0.334 e. The maximum Gasteiger partial charge on any atom is 0.254 e. The number of hydrogen-bond donors (Lipinski definition) is 0. The molecular formula is C18H21N5O. The second kappa shape index (κ2) is 6.39. The Morgan fingerprint density at radius 1 is 1.12 bits per heavy atom. The van der Waals surface area contributed by atoms with E-state index in [1.165, 1.54) is 0 Å². The molecule has 1 amide bonds. The molecule has 0 bridgehead atoms. The van der Waals surface area contributed by atoms with Crippen LogP contribution in [0.2, 0.25) is 0 Å². The van der Waals surface area contributed by atoms with Crippen molar-refractivity contribution >= 4 is 11.7 Å². The second-order valence-corrected chi connectivity index (χ2v) is 6.33. The van der Waals surface area contributed by atoms with Gasteiger partial charge in [-0.2, -0.15) is 0 Å². The van der Waals surface area contributed by atoms with Gasteiger partial charge in [-0.3, -0.25) is 9.20 Å². The summed E-state index contributed by atoms with van der Waals surface area (Å²) < 4.78 is 1.75. The van der Waals surface area contributed by atoms with Gasteiger partial charge in [-0.1, -0.05) is 18.2 Å². The lowest BCUT2D eigenvalue weighted by molar-refractivity contribution is 0.0644. The van der Waals surface area contributed by atoms with Crippen molar-refractivity contribution in [3.63, 3.8) is 0 Å². The van der Waals surface area contributed by atoms with Crippen molar-refractivity contribution in [2.24, 2.45) is 0 Å². The van der Waals surface area contributed by atoms with Crippen molar-refractivity contribution < 1.29 is 4.79 Å². The normalized spacial score (nSPS) is 11.4. The number of fused-ring (bicyclic) bond motifs is 1. The predicted molar refractivity (Wildman–Crippen MR) is 92.7 cm³/mol. The molecule has 0 aliphatic rings. The van der Waals surface area contributed by atoms with Crippen molar-refractivity contribution in [2.45, 2.75) is 39.8 Å². The van der Waals surface area contributed by atoms with E-state index in [4.69, 9.17) is 0 Å². The summed E-state index contributed by atoms with van der Waals surface area (Å²) >= 11 is 0. The highest BCUT2D eigenvalue weighted by atomic mass is 16.2. The Morgan fingerprint density at radius 3 is 2.54 bits per heavy atom. The predicted octanol–water partition coefficient (Wildman–Crippen LogP) is 3.05. The molecule has 6 heteroatoms. The van der Waals surface area contributed by atoms with Gasteiger partial charge < -0.3 is 4.90 Å². The van der Waals surface area contributed by atoms with E-state index in [9.17, 15) is 4.79 Å². The van der Waals surface area contributed by atoms with E-state index in [0.29, 0.717) is 11.3 Å². The molecule has 0 radical (unpaired) electrons. The Morgan fingerprint density at radius 2 is 1.83 bits per heavy atom. The molecule has 6 nitrogen and oxygen atoms in total. The molecule has 0 unspecified atom stereocenters. The monoisotopic (exact) mass is 323 g/mol. The Hall–Kier alpha value is -2.76. The fraction of sp³-hybridized carbons (Fsp3) is 0.333. The van der Waals surface area contributed by atoms with Gasteiger partial charge in [0.05, 0.1) is 0 Å². The molecule has 0 saturated heterocycles. The van der Waals surface area contributed by atoms with E-state index in [-0.39, 0.29) is 18.0 Å². The highest BCUT2D eigenvalue weighted by Crippen LogP contribution is 2.25. The number of carbonyl (C=O) groups is 1. The summed E-state index contributed by atoms with van der Waals surface area (Å²) in [5.41, 5.74) is 2.39. The van der Waals surface area contributed by atoms with Crippen LogP contribution in [-0.4, -0.2) is 42.5 Å². The van der Waals surface area contributed by atoms with E-state index in [0.717, 1.165) is 11.1 Å². The first kappa shape index (κ1) is 16.1. The lowest BCUT2D eigenvalue weighted by atomic mass is 10.00. The molecule has 0 atom stereocenters. The summed E-state index contributed by atoms with van der Waals surface area (Å²) in [5, 5.41) is 7.76. The van der Waals surface area contributed by atoms with Gasteiger partial charge in [0.1, 0.15) is 6.33 Å². The number of rotatable bonds is 4. The molecule has 0 fully saturated rings. The van der Waals surface area contributed by atoms with E-state index in [1.807, 2.05) is 63.1 Å². The van der Waals surface area contributed by atoms with Crippen molar-refractivity contribution in [2.75, 3.05) is 0 Å². The molecule has 2 aromatic heterocycles. The average molecular weight is 323 g/mol. The second-order valence-electron chi connectivity index (χ2n) is 6.33. The van der Waals surface area contributed by atoms with Crippen LogP contribution in [0.1, 0.15) is 38.1 Å². The van der Waals surface area contributed by atoms with Gasteiger partial charge in [0.25, 0.3) is 11.7 Å². The minimum Gasteiger partial charge on any atom is -0.334 e. The van der Waals surface area contributed by atoms with Gasteiger partial charge in [0, 0.05) is 35.6 Å². The van der Waals surface area contributed by atoms with Crippen LogP contribution in [0.5, 0.6) is 0 Å². The molecule has 1 aromatic carbocycles. The molecule has 3 rings (SSSR count). The van der Waals surface area contributed by atoms with Crippen LogP contribution in [0.3, 0.4) is 0 Å². The van der Waals surface area contributed by atoms with Crippen molar-refractivity contribution in [3.8, 4) is 11.1 Å². The summed E-state index contributed by atoms with van der Waals surface area (Å²) in [5.74, 6) is 0.563. The van der Waals surface area contributed by atoms with E-state index < -0.39 is 0 Å². The third kappa shape index (κ3) is 2.87. The highest BCUT2D eigenvalue weighted by Gasteiger charge is 2.24. The van der Waals surface area contributed by atoms with Gasteiger partial charge in [-0.05, 0) is 39.3 Å². The maximum absolute atomic E-state index is 13.1. The zero-order valence-corrected chi connectivity index (χ0v) is 14.3. The summed E-state index contributed by atoms with van der Waals surface area (Å²) in [7, 11) is 0. The quantitative estimate of drug-likeness (QED) is 0.740. The molecule has 0 saturated carbocycles. The number of hydrogen-bond acceptors (Lipinski definition) is 4. The first-order valence-electron chi connectivity index (χ1n) is 8.06. The minimum atomic E-state index is 0.0273. The summed E-state index contributed by atoms with van der Waals surface area (Å²) in [6.07, 6.45) is 5.22. The fourth-order valence-corrected chi connectivity index (χ4v) is 3.00. The van der Waals surface area contributed by atoms with Gasteiger partial charge in [-0.15, -0.1) is 10.2 Å². The number of amides is 1. The number of aromatic nitrogens is 4. The summed E-state index contributed by atoms with van der Waals surface area (Å²) in [6, 6.07) is 7.89. The SMILES string of the molecule is CC(C)N(C(=O)c1ccccc1-c1cnc2nncn2c1)C(C)C. The summed E-state index contributed by atoms with van der Waals surface area (Å²) in [4.78, 5) is 19.3. The van der Waals surface area contributed by atoms with Gasteiger partial charge in [0.2, 0.25) is 0 Å². The Labute approximate surface area is 141 Å². The lowest BCUT2D eigenvalue weighted by Crippen LogP contribution is -2.42. The topological polar surface area (TPSA) is 63.4 Å². The number of benzene rings is 1. The smallest absolute Gasteiger partial charge is 0.254 e. The first-order valence-corrected chi connectivity index (χ1v) is 8.06. The molecule has 0 aliphatic carbocycles. The van der Waals surface area contributed by atoms with Gasteiger partial charge in [-0.25, -0.2) is 4.98 Å². The zero-order valence-electron chi connectivity index (χ0n) is 14.3. The molecule has 0 spiro atoms. The standard InChI is InChI=1S/C18H21N5O/c1-12(2)23(13(3)4)17(24)16-8-6-5-7-15(16)14-9-19-18-21-20-11-22(18)10-14/h5-13H,1-4H3. The minimum absolute atomic E-state index is 0.0273. The molecule has 0 N–H and O–H groups in total. The van der Waals surface area contributed by atoms with E-state index in [1.54, 1.807) is 16.9 Å². The first-order chi connectivity index (χ1) is 11.5. The Bertz CT molecular complexity index is 860. The van der Waals surface area contributed by atoms with E-state index in [2.05, 4.69) is 15.2 Å². The number of carbonyl (C=O) groups excluding carboxylic acids is 1. The van der Waals surface area contributed by atoms with Crippen LogP contribution in [0, 0.1) is 0 Å². The van der Waals surface area contributed by atoms with Crippen LogP contribution in [0.15, 0.2) is 43.0 Å². The highest BCUT2D eigenvalue weighted by molar-refractivity contribution is 6.01. The lowest BCUT2D eigenvalue weighted by Gasteiger charge is -2.31. The third-order valence-corrected chi connectivity index (χ3v) is 3.97. The zero-order chi connectivity index (χ0) is 17.3. The summed E-state index contributed by atoms with van der Waals surface area (Å²) in [6.45, 7) is 8.13. The van der Waals surface area contributed by atoms with Crippen LogP contribution in [0.25, 0.3) is 16.9 Å². The maximum atomic E-state index is 13.1. The van der Waals surface area contributed by atoms with Crippen molar-refractivity contribution in [1.29, 1.82) is 0 Å². The Kier molecular flexibility index (Phi) is 4.29. The van der Waals surface area contributed by atoms with Crippen molar-refractivity contribution in [3.05, 3.63) is 48.5 Å². The molecule has 124 valence electrons. The number of nitrogens with zero attached hydrogens (tertiary/aromatic N) is 5. The van der Waals surface area contributed by atoms with Crippen molar-refractivity contribution in [1.82, 2.24) is 24.5 Å². The Balaban J connectivity index is 2.09. The van der Waals surface area contributed by atoms with Crippen LogP contribution < -0.4 is 0 Å². The van der Waals surface area contributed by atoms with Crippen LogP contribution >= 0.6 is 0 Å². The molecule has 2 heterocycles. The fourth-order valence-electron chi connectivity index (χ4n) is 3.00. The van der Waals surface area contributed by atoms with Crippen LogP contribution in [-0.2, 0) is 0 Å². The van der Waals surface area contributed by atoms with Gasteiger partial charge in [0.15, 0.2) is 0 Å². The molecule has 3 aromatic rings. The van der Waals surface area contributed by atoms with E-state index >= 15 is 0 Å². The van der Waals surface area contributed by atoms with Crippen LogP contribution in [0.4, 0.5) is 0 Å².